The molecule has 2 aromatic rings. The Kier molecular flexibility index (Phi) is 2.93. The number of benzene rings is 1. The summed E-state index contributed by atoms with van der Waals surface area (Å²) in [4.78, 5) is 4.23. The molecule has 1 aromatic carbocycles. The Labute approximate surface area is 100 Å². The van der Waals surface area contributed by atoms with Crippen LogP contribution < -0.4 is 10.5 Å². The molecule has 15 heavy (non-hydrogen) atoms. The van der Waals surface area contributed by atoms with Gasteiger partial charge in [0.1, 0.15) is 5.75 Å². The van der Waals surface area contributed by atoms with E-state index >= 15 is 0 Å². The number of thiazole rings is 1. The molecule has 0 radical (unpaired) electrons. The molecule has 5 heteroatoms. The Morgan fingerprint density at radius 3 is 2.87 bits per heavy atom. The Morgan fingerprint density at radius 2 is 2.27 bits per heavy atom. The molecule has 0 spiro atoms. The first-order valence-electron chi connectivity index (χ1n) is 4.25. The van der Waals surface area contributed by atoms with Gasteiger partial charge in [-0.3, -0.25) is 0 Å². The standard InChI is InChI=1S/C10H9BrN2OS/c1-14-6-2-3-8(11)7(4-6)9-5-15-10(12)13-9/h2-5H,1H3,(H2,12,13). The van der Waals surface area contributed by atoms with Crippen molar-refractivity contribution in [3.63, 3.8) is 0 Å². The third-order valence-electron chi connectivity index (χ3n) is 1.97. The molecule has 3 nitrogen and oxygen atoms in total. The molecule has 0 saturated heterocycles. The van der Waals surface area contributed by atoms with E-state index in [4.69, 9.17) is 10.5 Å². The monoisotopic (exact) mass is 284 g/mol. The van der Waals surface area contributed by atoms with Crippen LogP contribution in [0.2, 0.25) is 0 Å². The molecule has 0 aliphatic heterocycles. The van der Waals surface area contributed by atoms with Gasteiger partial charge in [-0.15, -0.1) is 11.3 Å². The van der Waals surface area contributed by atoms with Crippen molar-refractivity contribution in [1.82, 2.24) is 4.98 Å². The normalized spacial score (nSPS) is 10.3. The predicted octanol–water partition coefficient (Wildman–Crippen LogP) is 3.16. The highest BCUT2D eigenvalue weighted by atomic mass is 79.9. The van der Waals surface area contributed by atoms with Crippen LogP contribution in [0.5, 0.6) is 5.75 Å². The van der Waals surface area contributed by atoms with Gasteiger partial charge in [0.2, 0.25) is 0 Å². The summed E-state index contributed by atoms with van der Waals surface area (Å²) >= 11 is 4.90. The Hall–Kier alpha value is -1.07. The van der Waals surface area contributed by atoms with Gasteiger partial charge in [0.05, 0.1) is 12.8 Å². The predicted molar refractivity (Wildman–Crippen MR) is 66.2 cm³/mol. The molecule has 0 saturated carbocycles. The molecule has 0 fully saturated rings. The molecule has 2 rings (SSSR count). The summed E-state index contributed by atoms with van der Waals surface area (Å²) in [6, 6.07) is 5.76. The molecule has 2 N–H and O–H groups in total. The summed E-state index contributed by atoms with van der Waals surface area (Å²) in [7, 11) is 1.64. The third-order valence-corrected chi connectivity index (χ3v) is 3.34. The maximum atomic E-state index is 5.60. The Morgan fingerprint density at radius 1 is 1.47 bits per heavy atom. The zero-order valence-corrected chi connectivity index (χ0v) is 10.4. The fourth-order valence-electron chi connectivity index (χ4n) is 1.24. The van der Waals surface area contributed by atoms with Gasteiger partial charge in [-0.2, -0.15) is 0 Å². The second-order valence-electron chi connectivity index (χ2n) is 2.92. The quantitative estimate of drug-likeness (QED) is 0.922. The zero-order valence-electron chi connectivity index (χ0n) is 8.03. The minimum Gasteiger partial charge on any atom is -0.497 e. The summed E-state index contributed by atoms with van der Waals surface area (Å²) in [6.07, 6.45) is 0. The Balaban J connectivity index is 2.51. The minimum absolute atomic E-state index is 0.569. The van der Waals surface area contributed by atoms with Crippen LogP contribution in [0.15, 0.2) is 28.1 Å². The summed E-state index contributed by atoms with van der Waals surface area (Å²) < 4.78 is 6.14. The van der Waals surface area contributed by atoms with E-state index in [1.54, 1.807) is 7.11 Å². The topological polar surface area (TPSA) is 48.1 Å². The van der Waals surface area contributed by atoms with Crippen LogP contribution in [0.1, 0.15) is 0 Å². The van der Waals surface area contributed by atoms with Crippen molar-refractivity contribution in [1.29, 1.82) is 0 Å². The first kappa shape index (κ1) is 10.4. The second-order valence-corrected chi connectivity index (χ2v) is 4.66. The molecule has 0 atom stereocenters. The average Bonchev–Trinajstić information content (AvgIpc) is 2.65. The summed E-state index contributed by atoms with van der Waals surface area (Å²) in [6.45, 7) is 0. The van der Waals surface area contributed by atoms with Gasteiger partial charge in [-0.05, 0) is 18.2 Å². The number of nitrogens with two attached hydrogens (primary N) is 1. The summed E-state index contributed by atoms with van der Waals surface area (Å²) in [5.41, 5.74) is 7.45. The highest BCUT2D eigenvalue weighted by Crippen LogP contribution is 2.32. The van der Waals surface area contributed by atoms with E-state index in [9.17, 15) is 0 Å². The molecule has 1 aromatic heterocycles. The van der Waals surface area contributed by atoms with Crippen LogP contribution in [-0.4, -0.2) is 12.1 Å². The number of hydrogen-bond donors (Lipinski definition) is 1. The van der Waals surface area contributed by atoms with Gasteiger partial charge in [-0.25, -0.2) is 4.98 Å². The van der Waals surface area contributed by atoms with E-state index in [-0.39, 0.29) is 0 Å². The SMILES string of the molecule is COc1ccc(Br)c(-c2csc(N)n2)c1. The van der Waals surface area contributed by atoms with Crippen molar-refractivity contribution in [3.8, 4) is 17.0 Å². The number of ether oxygens (including phenoxy) is 1. The maximum absolute atomic E-state index is 5.60. The average molecular weight is 285 g/mol. The first-order valence-corrected chi connectivity index (χ1v) is 5.93. The van der Waals surface area contributed by atoms with Crippen LogP contribution in [0.4, 0.5) is 5.13 Å². The number of halogens is 1. The van der Waals surface area contributed by atoms with E-state index in [0.29, 0.717) is 5.13 Å². The number of rotatable bonds is 2. The van der Waals surface area contributed by atoms with Crippen molar-refractivity contribution in [2.24, 2.45) is 0 Å². The van der Waals surface area contributed by atoms with Crippen LogP contribution in [0, 0.1) is 0 Å². The lowest BCUT2D eigenvalue weighted by molar-refractivity contribution is 0.415. The molecule has 0 bridgehead atoms. The lowest BCUT2D eigenvalue weighted by atomic mass is 10.2. The molecular weight excluding hydrogens is 276 g/mol. The van der Waals surface area contributed by atoms with Gasteiger partial charge in [0, 0.05) is 15.4 Å². The maximum Gasteiger partial charge on any atom is 0.180 e. The lowest BCUT2D eigenvalue weighted by Gasteiger charge is -2.04. The van der Waals surface area contributed by atoms with E-state index < -0.39 is 0 Å². The van der Waals surface area contributed by atoms with Crippen LogP contribution in [0.25, 0.3) is 11.3 Å². The first-order chi connectivity index (χ1) is 7.20. The fourth-order valence-corrected chi connectivity index (χ4v) is 2.25. The number of nitrogen functional groups attached to an aromatic ring is 1. The van der Waals surface area contributed by atoms with Crippen LogP contribution in [0.3, 0.4) is 0 Å². The summed E-state index contributed by atoms with van der Waals surface area (Å²) in [5.74, 6) is 0.805. The van der Waals surface area contributed by atoms with E-state index in [2.05, 4.69) is 20.9 Å². The number of methoxy groups -OCH3 is 1. The second kappa shape index (κ2) is 4.20. The fraction of sp³-hybridized carbons (Fsp3) is 0.100. The largest absolute Gasteiger partial charge is 0.497 e. The van der Waals surface area contributed by atoms with Gasteiger partial charge in [-0.1, -0.05) is 15.9 Å². The van der Waals surface area contributed by atoms with E-state index in [1.165, 1.54) is 11.3 Å². The highest BCUT2D eigenvalue weighted by molar-refractivity contribution is 9.10. The molecular formula is C10H9BrN2OS. The third kappa shape index (κ3) is 2.13. The van der Waals surface area contributed by atoms with Crippen molar-refractivity contribution < 1.29 is 4.74 Å². The van der Waals surface area contributed by atoms with Crippen LogP contribution >= 0.6 is 27.3 Å². The van der Waals surface area contributed by atoms with Crippen molar-refractivity contribution >= 4 is 32.4 Å². The molecule has 78 valence electrons. The number of anilines is 1. The van der Waals surface area contributed by atoms with Gasteiger partial charge < -0.3 is 10.5 Å². The zero-order chi connectivity index (χ0) is 10.8. The minimum atomic E-state index is 0.569. The van der Waals surface area contributed by atoms with E-state index in [1.807, 2.05) is 23.6 Å². The number of aromatic nitrogens is 1. The van der Waals surface area contributed by atoms with Crippen LogP contribution in [-0.2, 0) is 0 Å². The van der Waals surface area contributed by atoms with Gasteiger partial charge >= 0.3 is 0 Å². The molecule has 0 unspecified atom stereocenters. The van der Waals surface area contributed by atoms with Gasteiger partial charge in [0.15, 0.2) is 5.13 Å². The molecule has 0 aliphatic carbocycles. The number of nitrogens with zero attached hydrogens (tertiary/aromatic N) is 1. The smallest absolute Gasteiger partial charge is 0.180 e. The van der Waals surface area contributed by atoms with Crippen molar-refractivity contribution in [2.75, 3.05) is 12.8 Å². The molecule has 1 heterocycles. The summed E-state index contributed by atoms with van der Waals surface area (Å²) in [5, 5.41) is 2.49. The Bertz CT molecular complexity index is 484. The van der Waals surface area contributed by atoms with Crippen molar-refractivity contribution in [2.45, 2.75) is 0 Å². The highest BCUT2D eigenvalue weighted by Gasteiger charge is 2.08. The molecule has 0 aliphatic rings. The lowest BCUT2D eigenvalue weighted by Crippen LogP contribution is -1.87. The van der Waals surface area contributed by atoms with Gasteiger partial charge in [0.25, 0.3) is 0 Å². The number of hydrogen-bond acceptors (Lipinski definition) is 4. The van der Waals surface area contributed by atoms with E-state index in [0.717, 1.165) is 21.5 Å². The van der Waals surface area contributed by atoms with Crippen molar-refractivity contribution in [3.05, 3.63) is 28.1 Å². The molecule has 0 amide bonds.